The number of benzene rings is 1. The van der Waals surface area contributed by atoms with Crippen LogP contribution in [0.25, 0.3) is 0 Å². The van der Waals surface area contributed by atoms with E-state index in [9.17, 15) is 9.59 Å². The Morgan fingerprint density at radius 2 is 2.04 bits per heavy atom. The molecule has 1 aromatic heterocycles. The molecule has 0 fully saturated rings. The third kappa shape index (κ3) is 3.18. The summed E-state index contributed by atoms with van der Waals surface area (Å²) in [6.07, 6.45) is 1.87. The van der Waals surface area contributed by atoms with E-state index >= 15 is 0 Å². The van der Waals surface area contributed by atoms with E-state index in [-0.39, 0.29) is 23.9 Å². The van der Waals surface area contributed by atoms with Crippen LogP contribution >= 0.6 is 0 Å². The van der Waals surface area contributed by atoms with Crippen molar-refractivity contribution >= 4 is 11.8 Å². The minimum absolute atomic E-state index is 0.0267. The number of rotatable bonds is 3. The van der Waals surface area contributed by atoms with Gasteiger partial charge in [0.1, 0.15) is 17.3 Å². The van der Waals surface area contributed by atoms with Gasteiger partial charge in [-0.15, -0.1) is 0 Å². The first kappa shape index (κ1) is 17.6. The van der Waals surface area contributed by atoms with Crippen LogP contribution in [0.1, 0.15) is 48.7 Å². The molecule has 0 saturated heterocycles. The van der Waals surface area contributed by atoms with E-state index in [1.165, 1.54) is 0 Å². The largest absolute Gasteiger partial charge is 0.480 e. The Bertz CT molecular complexity index is 864. The Balaban J connectivity index is 1.50. The van der Waals surface area contributed by atoms with Gasteiger partial charge in [0.25, 0.3) is 11.8 Å². The van der Waals surface area contributed by atoms with Crippen molar-refractivity contribution in [1.29, 1.82) is 0 Å². The molecule has 0 unspecified atom stereocenters. The number of fused-ring (bicyclic) bond motifs is 2. The predicted octanol–water partition coefficient (Wildman–Crippen LogP) is 1.93. The average Bonchev–Trinajstić information content (AvgIpc) is 3.25. The summed E-state index contributed by atoms with van der Waals surface area (Å²) in [5.41, 5.74) is 1.46. The van der Waals surface area contributed by atoms with Gasteiger partial charge in [0.05, 0.1) is 6.04 Å². The standard InChI is InChI=1S/C20H24N4O3/c1-12(2)21-19(25)15-11-23-8-9-24(13(3)18(23)22-15)20(26)17-10-14-6-4-5-7-16(14)27-17/h4-7,11-13,17H,8-10H2,1-3H3,(H,21,25)/t13-,17+/m1/s1. The van der Waals surface area contributed by atoms with E-state index in [4.69, 9.17) is 4.74 Å². The van der Waals surface area contributed by atoms with Crippen molar-refractivity contribution in [3.05, 3.63) is 47.5 Å². The number of nitrogens with one attached hydrogen (secondary N) is 1. The zero-order valence-electron chi connectivity index (χ0n) is 15.8. The van der Waals surface area contributed by atoms with Crippen molar-refractivity contribution in [1.82, 2.24) is 19.8 Å². The molecule has 1 aromatic carbocycles. The highest BCUT2D eigenvalue weighted by atomic mass is 16.5. The minimum Gasteiger partial charge on any atom is -0.480 e. The van der Waals surface area contributed by atoms with Crippen molar-refractivity contribution in [3.63, 3.8) is 0 Å². The maximum absolute atomic E-state index is 13.1. The van der Waals surface area contributed by atoms with Crippen LogP contribution in [0.5, 0.6) is 5.75 Å². The molecule has 0 radical (unpaired) electrons. The van der Waals surface area contributed by atoms with Crippen molar-refractivity contribution in [3.8, 4) is 5.75 Å². The summed E-state index contributed by atoms with van der Waals surface area (Å²) in [6, 6.07) is 7.60. The lowest BCUT2D eigenvalue weighted by atomic mass is 10.1. The van der Waals surface area contributed by atoms with E-state index in [1.54, 1.807) is 6.20 Å². The average molecular weight is 368 g/mol. The molecule has 2 aliphatic heterocycles. The molecular weight excluding hydrogens is 344 g/mol. The summed E-state index contributed by atoms with van der Waals surface area (Å²) >= 11 is 0. The SMILES string of the molecule is CC(C)NC(=O)c1cn2c(n1)[C@@H](C)N(C(=O)[C@@H]1Cc3ccccc3O1)CC2. The van der Waals surface area contributed by atoms with Gasteiger partial charge >= 0.3 is 0 Å². The second kappa shape index (κ2) is 6.72. The fraction of sp³-hybridized carbons (Fsp3) is 0.450. The number of carbonyl (C=O) groups is 2. The Morgan fingerprint density at radius 1 is 1.26 bits per heavy atom. The molecule has 1 N–H and O–H groups in total. The number of imidazole rings is 1. The maximum atomic E-state index is 13.1. The third-order valence-electron chi connectivity index (χ3n) is 5.09. The topological polar surface area (TPSA) is 76.5 Å². The second-order valence-electron chi connectivity index (χ2n) is 7.43. The summed E-state index contributed by atoms with van der Waals surface area (Å²) in [6.45, 7) is 6.97. The molecule has 2 amide bonds. The van der Waals surface area contributed by atoms with Gasteiger partial charge in [0.2, 0.25) is 0 Å². The molecular formula is C20H24N4O3. The molecule has 0 aliphatic carbocycles. The third-order valence-corrected chi connectivity index (χ3v) is 5.09. The van der Waals surface area contributed by atoms with E-state index in [0.29, 0.717) is 25.2 Å². The Kier molecular flexibility index (Phi) is 4.37. The lowest BCUT2D eigenvalue weighted by Gasteiger charge is -2.35. The molecule has 4 rings (SSSR count). The summed E-state index contributed by atoms with van der Waals surface area (Å²) in [5.74, 6) is 1.31. The summed E-state index contributed by atoms with van der Waals surface area (Å²) < 4.78 is 7.83. The number of ether oxygens (including phenoxy) is 1. The molecule has 2 atom stereocenters. The van der Waals surface area contributed by atoms with Crippen LogP contribution in [0.2, 0.25) is 0 Å². The summed E-state index contributed by atoms with van der Waals surface area (Å²) in [5, 5.41) is 2.86. The van der Waals surface area contributed by atoms with Crippen molar-refractivity contribution in [2.75, 3.05) is 6.54 Å². The molecule has 7 nitrogen and oxygen atoms in total. The quantitative estimate of drug-likeness (QED) is 0.898. The zero-order chi connectivity index (χ0) is 19.1. The van der Waals surface area contributed by atoms with Crippen molar-refractivity contribution in [2.45, 2.75) is 51.9 Å². The number of hydrogen-bond donors (Lipinski definition) is 1. The number of hydrogen-bond acceptors (Lipinski definition) is 4. The first-order valence-corrected chi connectivity index (χ1v) is 9.37. The Hall–Kier alpha value is -2.83. The fourth-order valence-electron chi connectivity index (χ4n) is 3.74. The summed E-state index contributed by atoms with van der Waals surface area (Å²) in [7, 11) is 0. The molecule has 0 spiro atoms. The molecule has 2 aromatic rings. The highest BCUT2D eigenvalue weighted by Gasteiger charge is 2.37. The van der Waals surface area contributed by atoms with Crippen LogP contribution in [0, 0.1) is 0 Å². The van der Waals surface area contributed by atoms with Crippen LogP contribution in [-0.2, 0) is 17.8 Å². The second-order valence-corrected chi connectivity index (χ2v) is 7.43. The van der Waals surface area contributed by atoms with Crippen molar-refractivity contribution in [2.24, 2.45) is 0 Å². The van der Waals surface area contributed by atoms with E-state index < -0.39 is 6.10 Å². The van der Waals surface area contributed by atoms with Crippen LogP contribution in [-0.4, -0.2) is 45.0 Å². The molecule has 0 bridgehead atoms. The van der Waals surface area contributed by atoms with Gasteiger partial charge in [-0.2, -0.15) is 0 Å². The smallest absolute Gasteiger partial charge is 0.271 e. The van der Waals surface area contributed by atoms with Crippen molar-refractivity contribution < 1.29 is 14.3 Å². The van der Waals surface area contributed by atoms with Gasteiger partial charge in [0, 0.05) is 31.7 Å². The van der Waals surface area contributed by atoms with Crippen LogP contribution < -0.4 is 10.1 Å². The molecule has 3 heterocycles. The molecule has 27 heavy (non-hydrogen) atoms. The van der Waals surface area contributed by atoms with E-state index in [1.807, 2.05) is 54.5 Å². The zero-order valence-corrected chi connectivity index (χ0v) is 15.8. The molecule has 142 valence electrons. The maximum Gasteiger partial charge on any atom is 0.271 e. The van der Waals surface area contributed by atoms with Crippen LogP contribution in [0.15, 0.2) is 30.5 Å². The number of carbonyl (C=O) groups excluding carboxylic acids is 2. The lowest BCUT2D eigenvalue weighted by Crippen LogP contribution is -2.47. The Morgan fingerprint density at radius 3 is 2.78 bits per heavy atom. The Labute approximate surface area is 158 Å². The number of para-hydroxylation sites is 1. The van der Waals surface area contributed by atoms with Gasteiger partial charge in [0.15, 0.2) is 6.10 Å². The number of amides is 2. The van der Waals surface area contributed by atoms with Crippen LogP contribution in [0.3, 0.4) is 0 Å². The summed E-state index contributed by atoms with van der Waals surface area (Å²) in [4.78, 5) is 31.6. The van der Waals surface area contributed by atoms with Gasteiger partial charge < -0.3 is 19.5 Å². The molecule has 2 aliphatic rings. The minimum atomic E-state index is -0.491. The monoisotopic (exact) mass is 368 g/mol. The number of nitrogens with zero attached hydrogens (tertiary/aromatic N) is 3. The van der Waals surface area contributed by atoms with E-state index in [2.05, 4.69) is 10.3 Å². The van der Waals surface area contributed by atoms with Crippen LogP contribution in [0.4, 0.5) is 0 Å². The highest BCUT2D eigenvalue weighted by molar-refractivity contribution is 5.92. The van der Waals surface area contributed by atoms with Gasteiger partial charge in [-0.05, 0) is 32.4 Å². The van der Waals surface area contributed by atoms with Gasteiger partial charge in [-0.25, -0.2) is 4.98 Å². The first-order valence-electron chi connectivity index (χ1n) is 9.37. The number of aromatic nitrogens is 2. The molecule has 7 heteroatoms. The highest BCUT2D eigenvalue weighted by Crippen LogP contribution is 2.32. The van der Waals surface area contributed by atoms with Gasteiger partial charge in [-0.1, -0.05) is 18.2 Å². The predicted molar refractivity (Wildman–Crippen MR) is 99.5 cm³/mol. The first-order chi connectivity index (χ1) is 12.9. The van der Waals surface area contributed by atoms with E-state index in [0.717, 1.165) is 17.1 Å². The molecule has 0 saturated carbocycles. The lowest BCUT2D eigenvalue weighted by molar-refractivity contribution is -0.141. The van der Waals surface area contributed by atoms with Gasteiger partial charge in [-0.3, -0.25) is 9.59 Å². The fourth-order valence-corrected chi connectivity index (χ4v) is 3.74. The normalized spacial score (nSPS) is 20.8.